The Bertz CT molecular complexity index is 1040. The fourth-order valence-corrected chi connectivity index (χ4v) is 3.30. The van der Waals surface area contributed by atoms with Gasteiger partial charge in [0.1, 0.15) is 5.01 Å². The number of para-hydroxylation sites is 1. The van der Waals surface area contributed by atoms with E-state index in [1.54, 1.807) is 30.3 Å². The third kappa shape index (κ3) is 4.89. The third-order valence-corrected chi connectivity index (χ3v) is 4.87. The Morgan fingerprint density at radius 2 is 1.93 bits per heavy atom. The highest BCUT2D eigenvalue weighted by Crippen LogP contribution is 2.22. The summed E-state index contributed by atoms with van der Waals surface area (Å²) in [6, 6.07) is 14.2. The fraction of sp³-hybridized carbons (Fsp3) is 0.143. The quantitative estimate of drug-likeness (QED) is 0.387. The largest absolute Gasteiger partial charge is 0.449 e. The van der Waals surface area contributed by atoms with Crippen LogP contribution in [-0.2, 0) is 14.3 Å². The van der Waals surface area contributed by atoms with E-state index in [0.29, 0.717) is 16.3 Å². The second kappa shape index (κ2) is 8.58. The predicted molar refractivity (Wildman–Crippen MR) is 109 cm³/mol. The number of fused-ring (bicyclic) bond motifs is 1. The van der Waals surface area contributed by atoms with Crippen LogP contribution in [0.25, 0.3) is 16.3 Å². The molecule has 1 atom stereocenters. The van der Waals surface area contributed by atoms with Crippen LogP contribution < -0.4 is 5.32 Å². The zero-order valence-corrected chi connectivity index (χ0v) is 16.2. The lowest BCUT2D eigenvalue weighted by Crippen LogP contribution is -2.29. The van der Waals surface area contributed by atoms with Crippen LogP contribution in [0.3, 0.4) is 0 Å². The van der Waals surface area contributed by atoms with Gasteiger partial charge in [-0.15, -0.1) is 11.3 Å². The molecule has 0 unspecified atom stereocenters. The Morgan fingerprint density at radius 1 is 1.14 bits per heavy atom. The van der Waals surface area contributed by atoms with Gasteiger partial charge in [0.2, 0.25) is 0 Å². The number of rotatable bonds is 6. The lowest BCUT2D eigenvalue weighted by molar-refractivity contribution is -0.148. The average Bonchev–Trinajstić information content (AvgIpc) is 3.09. The van der Waals surface area contributed by atoms with E-state index in [4.69, 9.17) is 4.74 Å². The topological polar surface area (TPSA) is 85.4 Å². The first-order chi connectivity index (χ1) is 13.4. The second-order valence-corrected chi connectivity index (χ2v) is 7.12. The molecule has 28 heavy (non-hydrogen) atoms. The number of benzene rings is 2. The van der Waals surface area contributed by atoms with E-state index in [9.17, 15) is 14.4 Å². The molecule has 0 saturated carbocycles. The first-order valence-corrected chi connectivity index (χ1v) is 9.40. The van der Waals surface area contributed by atoms with Gasteiger partial charge in [-0.25, -0.2) is 9.78 Å². The zero-order chi connectivity index (χ0) is 20.1. The van der Waals surface area contributed by atoms with Crippen molar-refractivity contribution in [2.24, 2.45) is 0 Å². The molecule has 3 rings (SSSR count). The van der Waals surface area contributed by atoms with Crippen LogP contribution in [0.15, 0.2) is 54.6 Å². The van der Waals surface area contributed by atoms with E-state index >= 15 is 0 Å². The number of Topliss-reactive ketones (excluding diaryl/α,β-unsaturated/α-hetero) is 1. The maximum absolute atomic E-state index is 12.2. The summed E-state index contributed by atoms with van der Waals surface area (Å²) in [5.41, 5.74) is 1.81. The van der Waals surface area contributed by atoms with Gasteiger partial charge in [0.05, 0.1) is 10.2 Å². The molecule has 3 aromatic rings. The Hall–Kier alpha value is -3.32. The number of ketones is 1. The van der Waals surface area contributed by atoms with Crippen LogP contribution in [0.1, 0.15) is 29.2 Å². The van der Waals surface area contributed by atoms with Gasteiger partial charge < -0.3 is 10.1 Å². The number of carbonyl (C=O) groups excluding carboxylic acids is 3. The van der Waals surface area contributed by atoms with E-state index in [-0.39, 0.29) is 5.78 Å². The number of hydrogen-bond acceptors (Lipinski definition) is 6. The van der Waals surface area contributed by atoms with E-state index in [1.807, 2.05) is 24.3 Å². The third-order valence-electron chi connectivity index (χ3n) is 3.87. The molecule has 1 aromatic heterocycles. The number of thiazole rings is 1. The van der Waals surface area contributed by atoms with Crippen molar-refractivity contribution in [3.05, 3.63) is 65.2 Å². The lowest BCUT2D eigenvalue weighted by atomic mass is 10.1. The molecular weight excluding hydrogens is 376 g/mol. The molecule has 0 aliphatic heterocycles. The second-order valence-electron chi connectivity index (χ2n) is 6.06. The van der Waals surface area contributed by atoms with Crippen molar-refractivity contribution in [1.29, 1.82) is 0 Å². The molecule has 1 N–H and O–H groups in total. The fourth-order valence-electron chi connectivity index (χ4n) is 2.43. The highest BCUT2D eigenvalue weighted by Gasteiger charge is 2.17. The summed E-state index contributed by atoms with van der Waals surface area (Å²) in [6.45, 7) is 2.93. The molecule has 0 bridgehead atoms. The Balaban J connectivity index is 1.57. The molecule has 0 aliphatic rings. The molecule has 0 spiro atoms. The minimum Gasteiger partial charge on any atom is -0.449 e. The molecule has 0 fully saturated rings. The maximum atomic E-state index is 12.2. The Kier molecular flexibility index (Phi) is 5.96. The molecule has 1 heterocycles. The normalized spacial score (nSPS) is 12.1. The highest BCUT2D eigenvalue weighted by molar-refractivity contribution is 7.19. The van der Waals surface area contributed by atoms with Gasteiger partial charge in [0, 0.05) is 17.3 Å². The van der Waals surface area contributed by atoms with Gasteiger partial charge in [-0.05, 0) is 44.2 Å². The van der Waals surface area contributed by atoms with Gasteiger partial charge in [0.25, 0.3) is 5.91 Å². The van der Waals surface area contributed by atoms with Crippen LogP contribution >= 0.6 is 11.3 Å². The lowest BCUT2D eigenvalue weighted by Gasteiger charge is -2.12. The highest BCUT2D eigenvalue weighted by atomic mass is 32.1. The Labute approximate surface area is 165 Å². The van der Waals surface area contributed by atoms with E-state index in [0.717, 1.165) is 10.2 Å². The van der Waals surface area contributed by atoms with E-state index in [2.05, 4.69) is 10.3 Å². The van der Waals surface area contributed by atoms with Crippen molar-refractivity contribution in [3.8, 4) is 0 Å². The maximum Gasteiger partial charge on any atom is 0.331 e. The summed E-state index contributed by atoms with van der Waals surface area (Å²) in [6.07, 6.45) is 1.82. The standard InChI is InChI=1S/C21H18N2O4S/c1-13(24)15-6-5-7-16(12-15)22-21(26)14(2)27-20(25)11-10-19-23-17-8-3-4-9-18(17)28-19/h3-12,14H,1-2H3,(H,22,26)/b11-10+/t14-/m0/s1. The first-order valence-electron chi connectivity index (χ1n) is 8.58. The number of carbonyl (C=O) groups is 3. The number of anilines is 1. The molecule has 1 amide bonds. The molecule has 2 aromatic carbocycles. The number of nitrogens with zero attached hydrogens (tertiary/aromatic N) is 1. The molecule has 6 nitrogen and oxygen atoms in total. The number of ether oxygens (including phenoxy) is 1. The van der Waals surface area contributed by atoms with Crippen molar-refractivity contribution in [2.45, 2.75) is 20.0 Å². The number of aromatic nitrogens is 1. The summed E-state index contributed by atoms with van der Waals surface area (Å²) in [5.74, 6) is -1.22. The van der Waals surface area contributed by atoms with Gasteiger partial charge >= 0.3 is 5.97 Å². The first kappa shape index (κ1) is 19.4. The number of amides is 1. The van der Waals surface area contributed by atoms with Crippen molar-refractivity contribution in [2.75, 3.05) is 5.32 Å². The SMILES string of the molecule is CC(=O)c1cccc(NC(=O)[C@H](C)OC(=O)/C=C/c2nc3ccccc3s2)c1. The van der Waals surface area contributed by atoms with Crippen LogP contribution in [-0.4, -0.2) is 28.7 Å². The minimum atomic E-state index is -0.992. The predicted octanol–water partition coefficient (Wildman–Crippen LogP) is 4.08. The molecule has 0 saturated heterocycles. The van der Waals surface area contributed by atoms with Crippen LogP contribution in [0, 0.1) is 0 Å². The minimum absolute atomic E-state index is 0.101. The van der Waals surface area contributed by atoms with E-state index in [1.165, 1.54) is 31.3 Å². The van der Waals surface area contributed by atoms with Gasteiger partial charge in [-0.2, -0.15) is 0 Å². The molecule has 0 radical (unpaired) electrons. The van der Waals surface area contributed by atoms with Crippen LogP contribution in [0.4, 0.5) is 5.69 Å². The van der Waals surface area contributed by atoms with Gasteiger partial charge in [0.15, 0.2) is 11.9 Å². The van der Waals surface area contributed by atoms with Crippen LogP contribution in [0.5, 0.6) is 0 Å². The van der Waals surface area contributed by atoms with Gasteiger partial charge in [-0.1, -0.05) is 24.3 Å². The molecule has 0 aliphatic carbocycles. The number of nitrogens with one attached hydrogen (secondary N) is 1. The average molecular weight is 394 g/mol. The Morgan fingerprint density at radius 3 is 2.68 bits per heavy atom. The molecular formula is C21H18N2O4S. The molecule has 7 heteroatoms. The summed E-state index contributed by atoms with van der Waals surface area (Å²) >= 11 is 1.46. The summed E-state index contributed by atoms with van der Waals surface area (Å²) < 4.78 is 6.15. The summed E-state index contributed by atoms with van der Waals surface area (Å²) in [5, 5.41) is 3.31. The summed E-state index contributed by atoms with van der Waals surface area (Å²) in [4.78, 5) is 40.0. The number of esters is 1. The zero-order valence-electron chi connectivity index (χ0n) is 15.3. The smallest absolute Gasteiger partial charge is 0.331 e. The van der Waals surface area contributed by atoms with Crippen molar-refractivity contribution < 1.29 is 19.1 Å². The van der Waals surface area contributed by atoms with E-state index < -0.39 is 18.0 Å². The molecule has 142 valence electrons. The van der Waals surface area contributed by atoms with Crippen LogP contribution in [0.2, 0.25) is 0 Å². The van der Waals surface area contributed by atoms with Crippen molar-refractivity contribution in [3.63, 3.8) is 0 Å². The van der Waals surface area contributed by atoms with Gasteiger partial charge in [-0.3, -0.25) is 9.59 Å². The number of hydrogen-bond donors (Lipinski definition) is 1. The summed E-state index contributed by atoms with van der Waals surface area (Å²) in [7, 11) is 0. The van der Waals surface area contributed by atoms with Crippen molar-refractivity contribution in [1.82, 2.24) is 4.98 Å². The van der Waals surface area contributed by atoms with Crippen molar-refractivity contribution >= 4 is 51.0 Å². The monoisotopic (exact) mass is 394 g/mol.